The number of pyridine rings is 1. The maximum atomic E-state index is 12.3. The van der Waals surface area contributed by atoms with Gasteiger partial charge in [0.25, 0.3) is 0 Å². The zero-order chi connectivity index (χ0) is 10.1. The highest BCUT2D eigenvalue weighted by molar-refractivity contribution is 6.32. The average molecular weight is 211 g/mol. The lowest BCUT2D eigenvalue weighted by atomic mass is 10.2. The molecule has 0 atom stereocenters. The zero-order valence-corrected chi connectivity index (χ0v) is 7.37. The minimum atomic E-state index is -4.41. The van der Waals surface area contributed by atoms with E-state index in [2.05, 4.69) is 10.3 Å². The first kappa shape index (κ1) is 10.1. The van der Waals surface area contributed by atoms with E-state index in [9.17, 15) is 13.2 Å². The standard InChI is InChI=1S/C7H6ClF3N2/c1-12-5-4(7(9,10)11)2-3-13-6(5)8/h2-3,12H,1H3. The van der Waals surface area contributed by atoms with Crippen LogP contribution in [0.15, 0.2) is 12.3 Å². The monoisotopic (exact) mass is 210 g/mol. The Balaban J connectivity index is 3.29. The molecule has 0 radical (unpaired) electrons. The molecule has 2 nitrogen and oxygen atoms in total. The van der Waals surface area contributed by atoms with Gasteiger partial charge in [-0.3, -0.25) is 0 Å². The van der Waals surface area contributed by atoms with Crippen molar-refractivity contribution in [1.82, 2.24) is 4.98 Å². The lowest BCUT2D eigenvalue weighted by Crippen LogP contribution is -2.09. The van der Waals surface area contributed by atoms with E-state index < -0.39 is 11.7 Å². The van der Waals surface area contributed by atoms with Crippen LogP contribution in [0, 0.1) is 0 Å². The normalized spacial score (nSPS) is 11.5. The molecular formula is C7H6ClF3N2. The number of hydrogen-bond donors (Lipinski definition) is 1. The van der Waals surface area contributed by atoms with Gasteiger partial charge in [0.05, 0.1) is 11.3 Å². The maximum absolute atomic E-state index is 12.3. The van der Waals surface area contributed by atoms with Gasteiger partial charge in [-0.05, 0) is 6.07 Å². The van der Waals surface area contributed by atoms with Gasteiger partial charge >= 0.3 is 6.18 Å². The molecule has 1 aromatic rings. The molecule has 0 saturated carbocycles. The number of aromatic nitrogens is 1. The molecule has 0 bridgehead atoms. The third-order valence-corrected chi connectivity index (χ3v) is 1.75. The molecule has 0 aliphatic carbocycles. The molecule has 0 fully saturated rings. The SMILES string of the molecule is CNc1c(C(F)(F)F)ccnc1Cl. The van der Waals surface area contributed by atoms with Crippen molar-refractivity contribution >= 4 is 17.3 Å². The summed E-state index contributed by atoms with van der Waals surface area (Å²) < 4.78 is 36.9. The summed E-state index contributed by atoms with van der Waals surface area (Å²) in [6.07, 6.45) is -3.39. The quantitative estimate of drug-likeness (QED) is 0.721. The second kappa shape index (κ2) is 3.41. The van der Waals surface area contributed by atoms with Gasteiger partial charge < -0.3 is 5.32 Å². The van der Waals surface area contributed by atoms with E-state index >= 15 is 0 Å². The van der Waals surface area contributed by atoms with E-state index in [4.69, 9.17) is 11.6 Å². The number of nitrogens with zero attached hydrogens (tertiary/aromatic N) is 1. The Morgan fingerprint density at radius 3 is 2.46 bits per heavy atom. The van der Waals surface area contributed by atoms with Gasteiger partial charge in [0, 0.05) is 13.2 Å². The van der Waals surface area contributed by atoms with Crippen LogP contribution >= 0.6 is 11.6 Å². The van der Waals surface area contributed by atoms with Gasteiger partial charge in [0.15, 0.2) is 5.15 Å². The molecule has 1 aromatic heterocycles. The van der Waals surface area contributed by atoms with Crippen molar-refractivity contribution in [3.8, 4) is 0 Å². The predicted octanol–water partition coefficient (Wildman–Crippen LogP) is 2.80. The van der Waals surface area contributed by atoms with Crippen LogP contribution in [0.5, 0.6) is 0 Å². The van der Waals surface area contributed by atoms with E-state index in [-0.39, 0.29) is 10.8 Å². The lowest BCUT2D eigenvalue weighted by Gasteiger charge is -2.12. The third kappa shape index (κ3) is 2.03. The maximum Gasteiger partial charge on any atom is 0.418 e. The van der Waals surface area contributed by atoms with E-state index in [1.54, 1.807) is 0 Å². The van der Waals surface area contributed by atoms with Crippen molar-refractivity contribution in [2.75, 3.05) is 12.4 Å². The first-order chi connectivity index (χ1) is 5.96. The van der Waals surface area contributed by atoms with E-state index in [1.165, 1.54) is 7.05 Å². The van der Waals surface area contributed by atoms with Crippen LogP contribution in [0.3, 0.4) is 0 Å². The molecule has 1 N–H and O–H groups in total. The van der Waals surface area contributed by atoms with Gasteiger partial charge in [0.1, 0.15) is 0 Å². The van der Waals surface area contributed by atoms with E-state index in [0.29, 0.717) is 0 Å². The van der Waals surface area contributed by atoms with E-state index in [1.807, 2.05) is 0 Å². The minimum Gasteiger partial charge on any atom is -0.385 e. The van der Waals surface area contributed by atoms with Crippen molar-refractivity contribution in [3.05, 3.63) is 23.0 Å². The molecule has 0 aliphatic heterocycles. The summed E-state index contributed by atoms with van der Waals surface area (Å²) >= 11 is 5.46. The van der Waals surface area contributed by atoms with Crippen molar-refractivity contribution in [2.45, 2.75) is 6.18 Å². The van der Waals surface area contributed by atoms with Crippen LogP contribution in [0.25, 0.3) is 0 Å². The van der Waals surface area contributed by atoms with Crippen LogP contribution in [-0.4, -0.2) is 12.0 Å². The highest BCUT2D eigenvalue weighted by Gasteiger charge is 2.34. The second-order valence-corrected chi connectivity index (χ2v) is 2.63. The van der Waals surface area contributed by atoms with Gasteiger partial charge in [-0.25, -0.2) is 4.98 Å². The van der Waals surface area contributed by atoms with Crippen LogP contribution in [-0.2, 0) is 6.18 Å². The number of anilines is 1. The fraction of sp³-hybridized carbons (Fsp3) is 0.286. The van der Waals surface area contributed by atoms with Crippen molar-refractivity contribution in [2.24, 2.45) is 0 Å². The minimum absolute atomic E-state index is 0.183. The van der Waals surface area contributed by atoms with Crippen molar-refractivity contribution < 1.29 is 13.2 Å². The fourth-order valence-electron chi connectivity index (χ4n) is 0.910. The topological polar surface area (TPSA) is 24.9 Å². The van der Waals surface area contributed by atoms with Crippen LogP contribution < -0.4 is 5.32 Å². The van der Waals surface area contributed by atoms with Crippen molar-refractivity contribution in [1.29, 1.82) is 0 Å². The van der Waals surface area contributed by atoms with Gasteiger partial charge in [0.2, 0.25) is 0 Å². The summed E-state index contributed by atoms with van der Waals surface area (Å²) in [5.74, 6) is 0. The molecule has 13 heavy (non-hydrogen) atoms. The predicted molar refractivity (Wildman–Crippen MR) is 43.8 cm³/mol. The highest BCUT2D eigenvalue weighted by atomic mass is 35.5. The summed E-state index contributed by atoms with van der Waals surface area (Å²) in [6.45, 7) is 0. The summed E-state index contributed by atoms with van der Waals surface area (Å²) in [6, 6.07) is 0.873. The Labute approximate surface area is 77.7 Å². The third-order valence-electron chi connectivity index (χ3n) is 1.46. The molecule has 1 heterocycles. The molecule has 0 saturated heterocycles. The molecule has 72 valence electrons. The molecule has 0 unspecified atom stereocenters. The molecule has 0 amide bonds. The van der Waals surface area contributed by atoms with Gasteiger partial charge in [-0.1, -0.05) is 11.6 Å². The first-order valence-electron chi connectivity index (χ1n) is 3.36. The van der Waals surface area contributed by atoms with Gasteiger partial charge in [-0.15, -0.1) is 0 Å². The summed E-state index contributed by atoms with van der Waals surface area (Å²) in [4.78, 5) is 3.53. The Morgan fingerprint density at radius 2 is 2.08 bits per heavy atom. The lowest BCUT2D eigenvalue weighted by molar-refractivity contribution is -0.137. The molecule has 1 rings (SSSR count). The molecule has 6 heteroatoms. The molecule has 0 spiro atoms. The Bertz CT molecular complexity index is 311. The largest absolute Gasteiger partial charge is 0.418 e. The van der Waals surface area contributed by atoms with Crippen molar-refractivity contribution in [3.63, 3.8) is 0 Å². The Kier molecular flexibility index (Phi) is 2.66. The van der Waals surface area contributed by atoms with Gasteiger partial charge in [-0.2, -0.15) is 13.2 Å². The summed E-state index contributed by atoms with van der Waals surface area (Å²) in [5.41, 5.74) is -1.01. The Morgan fingerprint density at radius 1 is 1.46 bits per heavy atom. The number of hydrogen-bond acceptors (Lipinski definition) is 2. The van der Waals surface area contributed by atoms with Crippen LogP contribution in [0.1, 0.15) is 5.56 Å². The number of nitrogens with one attached hydrogen (secondary N) is 1. The molecule has 0 aromatic carbocycles. The highest BCUT2D eigenvalue weighted by Crippen LogP contribution is 2.36. The smallest absolute Gasteiger partial charge is 0.385 e. The Hall–Kier alpha value is -0.970. The molecular weight excluding hydrogens is 205 g/mol. The average Bonchev–Trinajstić information content (AvgIpc) is 2.02. The van der Waals surface area contributed by atoms with E-state index in [0.717, 1.165) is 12.3 Å². The number of rotatable bonds is 1. The number of halogens is 4. The first-order valence-corrected chi connectivity index (χ1v) is 3.74. The zero-order valence-electron chi connectivity index (χ0n) is 6.61. The molecule has 0 aliphatic rings. The second-order valence-electron chi connectivity index (χ2n) is 2.27. The number of alkyl halides is 3. The summed E-state index contributed by atoms with van der Waals surface area (Å²) in [7, 11) is 1.36. The van der Waals surface area contributed by atoms with Crippen LogP contribution in [0.4, 0.5) is 18.9 Å². The fourth-order valence-corrected chi connectivity index (χ4v) is 1.16. The summed E-state index contributed by atoms with van der Waals surface area (Å²) in [5, 5.41) is 2.17. The van der Waals surface area contributed by atoms with Crippen LogP contribution in [0.2, 0.25) is 5.15 Å².